The van der Waals surface area contributed by atoms with E-state index in [1.807, 2.05) is 18.5 Å². The standard InChI is InChI=1S/C22H25N3/c1-16(2)21-14-17(12-18-6-5-9-23-22(18)21)13-19-7-8-20(15-24-19)25-10-3-4-11-25/h5-9,12,14-16H,3-4,10-11,13H2,1-2H3. The summed E-state index contributed by atoms with van der Waals surface area (Å²) in [5.41, 5.74) is 6.14. The highest BCUT2D eigenvalue weighted by molar-refractivity contribution is 5.83. The lowest BCUT2D eigenvalue weighted by Crippen LogP contribution is -2.17. The molecule has 3 aromatic rings. The van der Waals surface area contributed by atoms with Gasteiger partial charge in [-0.3, -0.25) is 9.97 Å². The Bertz CT molecular complexity index is 862. The molecule has 0 atom stereocenters. The van der Waals surface area contributed by atoms with Crippen molar-refractivity contribution in [3.8, 4) is 0 Å². The zero-order chi connectivity index (χ0) is 17.2. The Morgan fingerprint density at radius 2 is 1.88 bits per heavy atom. The van der Waals surface area contributed by atoms with Crippen LogP contribution in [0.1, 0.15) is 49.4 Å². The molecule has 0 amide bonds. The maximum atomic E-state index is 4.72. The highest BCUT2D eigenvalue weighted by Crippen LogP contribution is 2.27. The number of hydrogen-bond donors (Lipinski definition) is 0. The molecular weight excluding hydrogens is 306 g/mol. The Morgan fingerprint density at radius 1 is 1.04 bits per heavy atom. The number of anilines is 1. The van der Waals surface area contributed by atoms with E-state index in [4.69, 9.17) is 4.98 Å². The molecule has 128 valence electrons. The van der Waals surface area contributed by atoms with Gasteiger partial charge in [0, 0.05) is 36.8 Å². The van der Waals surface area contributed by atoms with Crippen LogP contribution in [0.15, 0.2) is 48.8 Å². The van der Waals surface area contributed by atoms with Crippen molar-refractivity contribution in [2.45, 2.75) is 39.0 Å². The number of benzene rings is 1. The Kier molecular flexibility index (Phi) is 4.39. The second-order valence-electron chi connectivity index (χ2n) is 7.29. The molecule has 0 radical (unpaired) electrons. The zero-order valence-corrected chi connectivity index (χ0v) is 15.1. The second-order valence-corrected chi connectivity index (χ2v) is 7.29. The summed E-state index contributed by atoms with van der Waals surface area (Å²) >= 11 is 0. The van der Waals surface area contributed by atoms with Crippen LogP contribution in [0.3, 0.4) is 0 Å². The fourth-order valence-electron chi connectivity index (χ4n) is 3.72. The van der Waals surface area contributed by atoms with Crippen molar-refractivity contribution in [2.75, 3.05) is 18.0 Å². The fraction of sp³-hybridized carbons (Fsp3) is 0.364. The molecule has 1 aromatic carbocycles. The molecule has 0 aliphatic carbocycles. The first kappa shape index (κ1) is 16.1. The molecular formula is C22H25N3. The minimum Gasteiger partial charge on any atom is -0.370 e. The predicted molar refractivity (Wildman–Crippen MR) is 104 cm³/mol. The number of nitrogens with zero attached hydrogens (tertiary/aromatic N) is 3. The molecule has 0 bridgehead atoms. The quantitative estimate of drug-likeness (QED) is 0.678. The smallest absolute Gasteiger partial charge is 0.0736 e. The second kappa shape index (κ2) is 6.83. The first-order valence-corrected chi connectivity index (χ1v) is 9.28. The normalized spacial score (nSPS) is 14.6. The maximum Gasteiger partial charge on any atom is 0.0736 e. The van der Waals surface area contributed by atoms with Crippen LogP contribution < -0.4 is 4.90 Å². The van der Waals surface area contributed by atoms with Crippen LogP contribution in [-0.2, 0) is 6.42 Å². The van der Waals surface area contributed by atoms with Gasteiger partial charge in [0.2, 0.25) is 0 Å². The van der Waals surface area contributed by atoms with E-state index < -0.39 is 0 Å². The molecule has 25 heavy (non-hydrogen) atoms. The maximum absolute atomic E-state index is 4.72. The first-order valence-electron chi connectivity index (χ1n) is 9.28. The molecule has 1 aliphatic rings. The zero-order valence-electron chi connectivity index (χ0n) is 15.1. The number of aromatic nitrogens is 2. The van der Waals surface area contributed by atoms with Gasteiger partial charge in [0.05, 0.1) is 17.4 Å². The summed E-state index contributed by atoms with van der Waals surface area (Å²) in [5, 5.41) is 1.22. The first-order chi connectivity index (χ1) is 12.2. The molecule has 4 rings (SSSR count). The number of rotatable bonds is 4. The predicted octanol–water partition coefficient (Wildman–Crippen LogP) is 4.94. The molecule has 0 unspecified atom stereocenters. The van der Waals surface area contributed by atoms with Crippen molar-refractivity contribution >= 4 is 16.6 Å². The topological polar surface area (TPSA) is 29.0 Å². The van der Waals surface area contributed by atoms with Gasteiger partial charge in [-0.25, -0.2) is 0 Å². The monoisotopic (exact) mass is 331 g/mol. The van der Waals surface area contributed by atoms with Gasteiger partial charge in [0.25, 0.3) is 0 Å². The van der Waals surface area contributed by atoms with Crippen molar-refractivity contribution < 1.29 is 0 Å². The van der Waals surface area contributed by atoms with Crippen LogP contribution in [-0.4, -0.2) is 23.1 Å². The minimum atomic E-state index is 0.461. The van der Waals surface area contributed by atoms with Gasteiger partial charge in [-0.2, -0.15) is 0 Å². The van der Waals surface area contributed by atoms with E-state index >= 15 is 0 Å². The molecule has 0 spiro atoms. The van der Waals surface area contributed by atoms with E-state index in [1.165, 1.54) is 35.0 Å². The van der Waals surface area contributed by atoms with Gasteiger partial charge < -0.3 is 4.90 Å². The Hall–Kier alpha value is -2.42. The summed E-state index contributed by atoms with van der Waals surface area (Å²) in [7, 11) is 0. The van der Waals surface area contributed by atoms with Crippen LogP contribution in [0.4, 0.5) is 5.69 Å². The van der Waals surface area contributed by atoms with Gasteiger partial charge >= 0.3 is 0 Å². The van der Waals surface area contributed by atoms with E-state index in [1.54, 1.807) is 0 Å². The van der Waals surface area contributed by atoms with Gasteiger partial charge in [-0.15, -0.1) is 0 Å². The molecule has 0 N–H and O–H groups in total. The average Bonchev–Trinajstić information content (AvgIpc) is 3.16. The van der Waals surface area contributed by atoms with Gasteiger partial charge in [0.15, 0.2) is 0 Å². The van der Waals surface area contributed by atoms with Crippen molar-refractivity contribution in [3.05, 3.63) is 65.6 Å². The summed E-state index contributed by atoms with van der Waals surface area (Å²) in [4.78, 5) is 11.7. The molecule has 1 saturated heterocycles. The van der Waals surface area contributed by atoms with Crippen LogP contribution >= 0.6 is 0 Å². The van der Waals surface area contributed by atoms with Crippen molar-refractivity contribution in [1.82, 2.24) is 9.97 Å². The molecule has 3 nitrogen and oxygen atoms in total. The van der Waals surface area contributed by atoms with E-state index in [0.717, 1.165) is 30.7 Å². The summed E-state index contributed by atoms with van der Waals surface area (Å²) in [6.07, 6.45) is 7.37. The van der Waals surface area contributed by atoms with E-state index in [0.29, 0.717) is 5.92 Å². The average molecular weight is 331 g/mol. The van der Waals surface area contributed by atoms with E-state index in [-0.39, 0.29) is 0 Å². The third-order valence-electron chi connectivity index (χ3n) is 5.08. The molecule has 3 heterocycles. The van der Waals surface area contributed by atoms with E-state index in [9.17, 15) is 0 Å². The molecule has 3 heteroatoms. The van der Waals surface area contributed by atoms with Crippen molar-refractivity contribution in [3.63, 3.8) is 0 Å². The fourth-order valence-corrected chi connectivity index (χ4v) is 3.72. The number of hydrogen-bond acceptors (Lipinski definition) is 3. The van der Waals surface area contributed by atoms with E-state index in [2.05, 4.69) is 54.1 Å². The van der Waals surface area contributed by atoms with Gasteiger partial charge in [-0.05, 0) is 54.2 Å². The SMILES string of the molecule is CC(C)c1cc(Cc2ccc(N3CCCC3)cn2)cc2cccnc12. The summed E-state index contributed by atoms with van der Waals surface area (Å²) < 4.78 is 0. The molecule has 2 aromatic heterocycles. The van der Waals surface area contributed by atoms with Crippen molar-refractivity contribution in [2.24, 2.45) is 0 Å². The Labute approximate surface area is 149 Å². The molecule has 1 fully saturated rings. The van der Waals surface area contributed by atoms with Gasteiger partial charge in [-0.1, -0.05) is 26.0 Å². The third-order valence-corrected chi connectivity index (χ3v) is 5.08. The van der Waals surface area contributed by atoms with Gasteiger partial charge in [0.1, 0.15) is 0 Å². The summed E-state index contributed by atoms with van der Waals surface area (Å²) in [6.45, 7) is 6.79. The highest BCUT2D eigenvalue weighted by Gasteiger charge is 2.13. The Balaban J connectivity index is 1.61. The third kappa shape index (κ3) is 3.37. The summed E-state index contributed by atoms with van der Waals surface area (Å²) in [5.74, 6) is 0.461. The largest absolute Gasteiger partial charge is 0.370 e. The highest BCUT2D eigenvalue weighted by atomic mass is 15.1. The van der Waals surface area contributed by atoms with Crippen LogP contribution in [0, 0.1) is 0 Å². The van der Waals surface area contributed by atoms with Crippen molar-refractivity contribution in [1.29, 1.82) is 0 Å². The lowest BCUT2D eigenvalue weighted by atomic mass is 9.95. The lowest BCUT2D eigenvalue weighted by molar-refractivity contribution is 0.869. The lowest BCUT2D eigenvalue weighted by Gasteiger charge is -2.17. The molecule has 1 aliphatic heterocycles. The number of pyridine rings is 2. The van der Waals surface area contributed by atoms with Crippen LogP contribution in [0.5, 0.6) is 0 Å². The van der Waals surface area contributed by atoms with Crippen LogP contribution in [0.25, 0.3) is 10.9 Å². The Morgan fingerprint density at radius 3 is 2.60 bits per heavy atom. The summed E-state index contributed by atoms with van der Waals surface area (Å²) in [6, 6.07) is 13.1. The molecule has 0 saturated carbocycles. The van der Waals surface area contributed by atoms with Crippen LogP contribution in [0.2, 0.25) is 0 Å². The minimum absolute atomic E-state index is 0.461. The number of fused-ring (bicyclic) bond motifs is 1.